The van der Waals surface area contributed by atoms with Crippen LogP contribution in [0.4, 0.5) is 0 Å². The van der Waals surface area contributed by atoms with Crippen LogP contribution in [-0.4, -0.2) is 55.0 Å². The van der Waals surface area contributed by atoms with Gasteiger partial charge in [-0.3, -0.25) is 4.79 Å². The second kappa shape index (κ2) is 6.63. The summed E-state index contributed by atoms with van der Waals surface area (Å²) in [6.45, 7) is 2.00. The molecule has 0 aromatic carbocycles. The van der Waals surface area contributed by atoms with Crippen LogP contribution in [0.15, 0.2) is 23.2 Å². The number of hydrogen-bond donors (Lipinski definition) is 1. The maximum absolute atomic E-state index is 12.6. The Labute approximate surface area is 134 Å². The number of carbonyl (C=O) groups excluding carboxylic acids is 1. The first-order valence-electron chi connectivity index (χ1n) is 7.03. The summed E-state index contributed by atoms with van der Waals surface area (Å²) in [5, 5.41) is 9.15. The van der Waals surface area contributed by atoms with Crippen molar-refractivity contribution in [2.75, 3.05) is 20.2 Å². The smallest absolute Gasteiger partial charge is 0.356 e. The second-order valence-corrected chi connectivity index (χ2v) is 7.51. The SMILES string of the molecule is COC(=O)c1ccc(S(=O)(=O)N2CC(C)CC(C(=O)O)C2)cn1. The van der Waals surface area contributed by atoms with Crippen LogP contribution in [0.25, 0.3) is 0 Å². The van der Waals surface area contributed by atoms with Gasteiger partial charge in [-0.25, -0.2) is 18.2 Å². The number of carboxylic acid groups (broad SMARTS) is 1. The molecule has 1 N–H and O–H groups in total. The first kappa shape index (κ1) is 17.4. The molecule has 2 unspecified atom stereocenters. The van der Waals surface area contributed by atoms with E-state index in [1.165, 1.54) is 19.2 Å². The molecule has 8 nitrogen and oxygen atoms in total. The molecule has 0 bridgehead atoms. The Balaban J connectivity index is 2.26. The van der Waals surface area contributed by atoms with Crippen molar-refractivity contribution in [1.29, 1.82) is 0 Å². The fourth-order valence-corrected chi connectivity index (χ4v) is 4.14. The Hall–Kier alpha value is -2.00. The van der Waals surface area contributed by atoms with Gasteiger partial charge in [0.25, 0.3) is 0 Å². The summed E-state index contributed by atoms with van der Waals surface area (Å²) < 4.78 is 30.9. The molecular weight excluding hydrogens is 324 g/mol. The van der Waals surface area contributed by atoms with Crippen LogP contribution in [0.3, 0.4) is 0 Å². The van der Waals surface area contributed by atoms with Crippen LogP contribution in [0.1, 0.15) is 23.8 Å². The lowest BCUT2D eigenvalue weighted by atomic mass is 9.92. The van der Waals surface area contributed by atoms with Crippen molar-refractivity contribution < 1.29 is 27.9 Å². The highest BCUT2D eigenvalue weighted by molar-refractivity contribution is 7.89. The number of piperidine rings is 1. The van der Waals surface area contributed by atoms with Gasteiger partial charge in [-0.1, -0.05) is 6.92 Å². The summed E-state index contributed by atoms with van der Waals surface area (Å²) in [5.74, 6) is -2.44. The van der Waals surface area contributed by atoms with Crippen molar-refractivity contribution in [3.8, 4) is 0 Å². The summed E-state index contributed by atoms with van der Waals surface area (Å²) in [5.41, 5.74) is 0.00174. The number of aromatic nitrogens is 1. The maximum Gasteiger partial charge on any atom is 0.356 e. The zero-order chi connectivity index (χ0) is 17.2. The standard InChI is InChI=1S/C14H18N2O6S/c1-9-5-10(13(17)18)8-16(7-9)23(20,21)11-3-4-12(15-6-11)14(19)22-2/h3-4,6,9-10H,5,7-8H2,1-2H3,(H,17,18). The van der Waals surface area contributed by atoms with Crippen molar-refractivity contribution in [3.05, 3.63) is 24.0 Å². The third kappa shape index (κ3) is 3.67. The lowest BCUT2D eigenvalue weighted by molar-refractivity contribution is -0.143. The van der Waals surface area contributed by atoms with Crippen LogP contribution >= 0.6 is 0 Å². The molecule has 0 saturated carbocycles. The number of esters is 1. The van der Waals surface area contributed by atoms with Crippen LogP contribution in [0.5, 0.6) is 0 Å². The molecule has 9 heteroatoms. The van der Waals surface area contributed by atoms with Crippen molar-refractivity contribution in [1.82, 2.24) is 9.29 Å². The predicted molar refractivity (Wildman–Crippen MR) is 79.2 cm³/mol. The van der Waals surface area contributed by atoms with E-state index < -0.39 is 27.9 Å². The van der Waals surface area contributed by atoms with E-state index in [2.05, 4.69) is 9.72 Å². The van der Waals surface area contributed by atoms with E-state index >= 15 is 0 Å². The number of pyridine rings is 1. The number of nitrogens with zero attached hydrogens (tertiary/aromatic N) is 2. The normalized spacial score (nSPS) is 22.5. The first-order chi connectivity index (χ1) is 10.8. The van der Waals surface area contributed by atoms with Crippen molar-refractivity contribution in [3.63, 3.8) is 0 Å². The molecule has 1 aromatic heterocycles. The molecule has 0 amide bonds. The number of ether oxygens (including phenoxy) is 1. The van der Waals surface area contributed by atoms with Crippen molar-refractivity contribution in [2.24, 2.45) is 11.8 Å². The number of sulfonamides is 1. The largest absolute Gasteiger partial charge is 0.481 e. The van der Waals surface area contributed by atoms with E-state index in [0.717, 1.165) is 10.5 Å². The Morgan fingerprint density at radius 2 is 2.04 bits per heavy atom. The number of rotatable bonds is 4. The van der Waals surface area contributed by atoms with E-state index in [0.29, 0.717) is 6.42 Å². The molecule has 0 radical (unpaired) electrons. The fraction of sp³-hybridized carbons (Fsp3) is 0.500. The van der Waals surface area contributed by atoms with Gasteiger partial charge in [-0.2, -0.15) is 4.31 Å². The number of carboxylic acids is 1. The van der Waals surface area contributed by atoms with Gasteiger partial charge in [0.15, 0.2) is 0 Å². The van der Waals surface area contributed by atoms with Crippen molar-refractivity contribution >= 4 is 22.0 Å². The average Bonchev–Trinajstić information content (AvgIpc) is 2.53. The van der Waals surface area contributed by atoms with Crippen LogP contribution in [0, 0.1) is 11.8 Å². The van der Waals surface area contributed by atoms with E-state index in [1.807, 2.05) is 6.92 Å². The van der Waals surface area contributed by atoms with Crippen LogP contribution < -0.4 is 0 Å². The summed E-state index contributed by atoms with van der Waals surface area (Å²) in [4.78, 5) is 26.2. The van der Waals surface area contributed by atoms with Gasteiger partial charge < -0.3 is 9.84 Å². The number of carbonyl (C=O) groups is 2. The highest BCUT2D eigenvalue weighted by Gasteiger charge is 2.36. The fourth-order valence-electron chi connectivity index (χ4n) is 2.59. The van der Waals surface area contributed by atoms with E-state index in [-0.39, 0.29) is 29.6 Å². The van der Waals surface area contributed by atoms with E-state index in [1.54, 1.807) is 0 Å². The zero-order valence-corrected chi connectivity index (χ0v) is 13.6. The molecule has 2 heterocycles. The maximum atomic E-state index is 12.6. The molecule has 126 valence electrons. The molecule has 0 aliphatic carbocycles. The summed E-state index contributed by atoms with van der Waals surface area (Å²) in [6.07, 6.45) is 1.53. The molecule has 1 saturated heterocycles. The van der Waals surface area contributed by atoms with E-state index in [9.17, 15) is 18.0 Å². The van der Waals surface area contributed by atoms with Gasteiger partial charge in [0.1, 0.15) is 10.6 Å². The Morgan fingerprint density at radius 3 is 2.57 bits per heavy atom. The third-order valence-corrected chi connectivity index (χ3v) is 5.56. The lowest BCUT2D eigenvalue weighted by Crippen LogP contribution is -2.45. The number of methoxy groups -OCH3 is 1. The summed E-state index contributed by atoms with van der Waals surface area (Å²) in [7, 11) is -2.65. The molecule has 2 atom stereocenters. The highest BCUT2D eigenvalue weighted by atomic mass is 32.2. The van der Waals surface area contributed by atoms with Gasteiger partial charge in [0, 0.05) is 19.3 Å². The number of aliphatic carboxylic acids is 1. The molecular formula is C14H18N2O6S. The quantitative estimate of drug-likeness (QED) is 0.797. The molecule has 1 fully saturated rings. The minimum Gasteiger partial charge on any atom is -0.481 e. The van der Waals surface area contributed by atoms with Crippen LogP contribution in [0.2, 0.25) is 0 Å². The Morgan fingerprint density at radius 1 is 1.35 bits per heavy atom. The molecule has 0 spiro atoms. The van der Waals surface area contributed by atoms with Gasteiger partial charge in [-0.15, -0.1) is 0 Å². The van der Waals surface area contributed by atoms with Crippen molar-refractivity contribution in [2.45, 2.75) is 18.2 Å². The molecule has 1 aromatic rings. The monoisotopic (exact) mass is 342 g/mol. The average molecular weight is 342 g/mol. The van der Waals surface area contributed by atoms with Gasteiger partial charge >= 0.3 is 11.9 Å². The molecule has 1 aliphatic rings. The second-order valence-electron chi connectivity index (χ2n) is 5.57. The summed E-state index contributed by atoms with van der Waals surface area (Å²) >= 11 is 0. The zero-order valence-electron chi connectivity index (χ0n) is 12.8. The number of hydrogen-bond acceptors (Lipinski definition) is 6. The Kier molecular flexibility index (Phi) is 5.00. The predicted octanol–water partition coefficient (Wildman–Crippen LogP) is 0.599. The molecule has 2 rings (SSSR count). The van der Waals surface area contributed by atoms with E-state index in [4.69, 9.17) is 5.11 Å². The van der Waals surface area contributed by atoms with Gasteiger partial charge in [0.05, 0.1) is 13.0 Å². The molecule has 1 aliphatic heterocycles. The van der Waals surface area contributed by atoms with Gasteiger partial charge in [0.2, 0.25) is 10.0 Å². The lowest BCUT2D eigenvalue weighted by Gasteiger charge is -2.33. The van der Waals surface area contributed by atoms with Crippen LogP contribution in [-0.2, 0) is 19.6 Å². The Bertz CT molecular complexity index is 700. The molecule has 23 heavy (non-hydrogen) atoms. The minimum absolute atomic E-state index is 0.00174. The summed E-state index contributed by atoms with van der Waals surface area (Å²) in [6, 6.07) is 2.53. The minimum atomic E-state index is -3.86. The third-order valence-electron chi connectivity index (χ3n) is 3.74. The highest BCUT2D eigenvalue weighted by Crippen LogP contribution is 2.27. The van der Waals surface area contributed by atoms with Gasteiger partial charge in [-0.05, 0) is 24.5 Å². The topological polar surface area (TPSA) is 114 Å². The first-order valence-corrected chi connectivity index (χ1v) is 8.47.